The van der Waals surface area contributed by atoms with Crippen LogP contribution in [-0.4, -0.2) is 44.8 Å². The molecule has 6 nitrogen and oxygen atoms in total. The van der Waals surface area contributed by atoms with E-state index in [1.807, 2.05) is 30.3 Å². The second kappa shape index (κ2) is 12.6. The number of hydrogen-bond acceptors (Lipinski definition) is 4. The van der Waals surface area contributed by atoms with E-state index in [9.17, 15) is 0 Å². The fourth-order valence-corrected chi connectivity index (χ4v) is 2.43. The monoisotopic (exact) mass is 490 g/mol. The molecule has 0 atom stereocenters. The van der Waals surface area contributed by atoms with Gasteiger partial charge < -0.3 is 20.1 Å². The molecule has 1 aromatic heterocycles. The van der Waals surface area contributed by atoms with E-state index in [-0.39, 0.29) is 24.0 Å². The van der Waals surface area contributed by atoms with Crippen molar-refractivity contribution >= 4 is 41.5 Å². The van der Waals surface area contributed by atoms with Gasteiger partial charge in [-0.25, -0.2) is 0 Å². The molecular formula is C18H24ClIN4O2. The van der Waals surface area contributed by atoms with Gasteiger partial charge in [-0.1, -0.05) is 17.7 Å². The van der Waals surface area contributed by atoms with Crippen LogP contribution in [0.2, 0.25) is 5.02 Å². The molecule has 0 saturated carbocycles. The molecule has 8 heteroatoms. The molecule has 0 aliphatic heterocycles. The van der Waals surface area contributed by atoms with Crippen molar-refractivity contribution in [1.82, 2.24) is 15.6 Å². The summed E-state index contributed by atoms with van der Waals surface area (Å²) in [6.07, 6.45) is 4.19. The van der Waals surface area contributed by atoms with Crippen molar-refractivity contribution in [2.75, 3.05) is 33.9 Å². The molecule has 2 aromatic rings. The lowest BCUT2D eigenvalue weighted by atomic mass is 10.1. The number of benzene rings is 1. The van der Waals surface area contributed by atoms with E-state index in [4.69, 9.17) is 21.1 Å². The van der Waals surface area contributed by atoms with E-state index in [0.717, 1.165) is 36.0 Å². The number of pyridine rings is 1. The molecule has 0 amide bonds. The Labute approximate surface area is 176 Å². The van der Waals surface area contributed by atoms with E-state index < -0.39 is 0 Å². The molecule has 0 saturated heterocycles. The molecule has 1 heterocycles. The van der Waals surface area contributed by atoms with Crippen LogP contribution in [0.5, 0.6) is 11.5 Å². The summed E-state index contributed by atoms with van der Waals surface area (Å²) in [5.41, 5.74) is 1.06. The minimum absolute atomic E-state index is 0. The Morgan fingerprint density at radius 1 is 1.19 bits per heavy atom. The number of nitrogens with one attached hydrogen (secondary N) is 2. The molecule has 2 N–H and O–H groups in total. The third-order valence-corrected chi connectivity index (χ3v) is 3.82. The number of ether oxygens (including phenoxy) is 2. The summed E-state index contributed by atoms with van der Waals surface area (Å²) >= 11 is 6.24. The summed E-state index contributed by atoms with van der Waals surface area (Å²) in [4.78, 5) is 8.19. The molecule has 26 heavy (non-hydrogen) atoms. The molecule has 142 valence electrons. The van der Waals surface area contributed by atoms with Crippen LogP contribution in [0.1, 0.15) is 5.56 Å². The number of guanidine groups is 1. The van der Waals surface area contributed by atoms with E-state index >= 15 is 0 Å². The van der Waals surface area contributed by atoms with Gasteiger partial charge in [0, 0.05) is 24.8 Å². The predicted molar refractivity (Wildman–Crippen MR) is 116 cm³/mol. The Bertz CT molecular complexity index is 686. The zero-order chi connectivity index (χ0) is 17.9. The van der Waals surface area contributed by atoms with Gasteiger partial charge in [-0.2, -0.15) is 0 Å². The number of aliphatic imine (C=N–C) groups is 1. The minimum Gasteiger partial charge on any atom is -0.497 e. The lowest BCUT2D eigenvalue weighted by Crippen LogP contribution is -2.40. The van der Waals surface area contributed by atoms with Crippen molar-refractivity contribution in [2.45, 2.75) is 6.42 Å². The lowest BCUT2D eigenvalue weighted by Gasteiger charge is -2.13. The molecule has 0 spiro atoms. The Hall–Kier alpha value is -1.74. The van der Waals surface area contributed by atoms with Crippen LogP contribution in [-0.2, 0) is 6.42 Å². The number of rotatable bonds is 8. The summed E-state index contributed by atoms with van der Waals surface area (Å²) in [6, 6.07) is 9.41. The van der Waals surface area contributed by atoms with Crippen molar-refractivity contribution in [3.05, 3.63) is 53.3 Å². The first-order valence-electron chi connectivity index (χ1n) is 8.02. The summed E-state index contributed by atoms with van der Waals surface area (Å²) < 4.78 is 10.7. The van der Waals surface area contributed by atoms with Crippen LogP contribution in [0.25, 0.3) is 0 Å². The third kappa shape index (κ3) is 7.65. The van der Waals surface area contributed by atoms with Gasteiger partial charge in [-0.05, 0) is 36.2 Å². The van der Waals surface area contributed by atoms with Crippen molar-refractivity contribution < 1.29 is 9.47 Å². The van der Waals surface area contributed by atoms with Crippen LogP contribution < -0.4 is 20.1 Å². The summed E-state index contributed by atoms with van der Waals surface area (Å²) in [6.45, 7) is 1.88. The van der Waals surface area contributed by atoms with Crippen molar-refractivity contribution in [3.8, 4) is 11.5 Å². The maximum absolute atomic E-state index is 6.24. The van der Waals surface area contributed by atoms with Gasteiger partial charge in [-0.15, -0.1) is 24.0 Å². The molecule has 0 aliphatic rings. The van der Waals surface area contributed by atoms with Gasteiger partial charge in [0.1, 0.15) is 18.1 Å². The van der Waals surface area contributed by atoms with E-state index in [1.165, 1.54) is 0 Å². The first-order valence-corrected chi connectivity index (χ1v) is 8.40. The largest absolute Gasteiger partial charge is 0.497 e. The Morgan fingerprint density at radius 3 is 2.65 bits per heavy atom. The standard InChI is InChI=1S/C18H23ClN4O2.HI/c1-20-18(23-10-11-25-16-4-3-8-21-13-16)22-9-7-14-5-6-15(24-2)12-17(14)19;/h3-6,8,12-13H,7,9-11H2,1-2H3,(H2,20,22,23);1H. The van der Waals surface area contributed by atoms with Gasteiger partial charge in [-0.3, -0.25) is 9.98 Å². The predicted octanol–water partition coefficient (Wildman–Crippen LogP) is 3.15. The number of aromatic nitrogens is 1. The SMILES string of the molecule is CN=C(NCCOc1cccnc1)NCCc1ccc(OC)cc1Cl.I. The van der Waals surface area contributed by atoms with Crippen LogP contribution in [0.4, 0.5) is 0 Å². The average molecular weight is 491 g/mol. The second-order valence-corrected chi connectivity index (χ2v) is 5.58. The number of methoxy groups -OCH3 is 1. The van der Waals surface area contributed by atoms with Gasteiger partial charge in [0.15, 0.2) is 5.96 Å². The van der Waals surface area contributed by atoms with Gasteiger partial charge in [0.25, 0.3) is 0 Å². The molecule has 2 rings (SSSR count). The quantitative estimate of drug-likeness (QED) is 0.258. The maximum Gasteiger partial charge on any atom is 0.191 e. The number of hydrogen-bond donors (Lipinski definition) is 2. The fourth-order valence-electron chi connectivity index (χ4n) is 2.16. The van der Waals surface area contributed by atoms with Crippen LogP contribution in [0.3, 0.4) is 0 Å². The van der Waals surface area contributed by atoms with E-state index in [1.54, 1.807) is 26.6 Å². The Kier molecular flexibility index (Phi) is 10.8. The topological polar surface area (TPSA) is 67.8 Å². The average Bonchev–Trinajstić information content (AvgIpc) is 2.65. The summed E-state index contributed by atoms with van der Waals surface area (Å²) in [5, 5.41) is 7.16. The minimum atomic E-state index is 0. The molecule has 0 radical (unpaired) electrons. The second-order valence-electron chi connectivity index (χ2n) is 5.17. The van der Waals surface area contributed by atoms with Gasteiger partial charge >= 0.3 is 0 Å². The molecule has 0 aliphatic carbocycles. The lowest BCUT2D eigenvalue weighted by molar-refractivity contribution is 0.320. The van der Waals surface area contributed by atoms with Crippen molar-refractivity contribution in [2.24, 2.45) is 4.99 Å². The molecule has 0 fully saturated rings. The van der Waals surface area contributed by atoms with Crippen LogP contribution >= 0.6 is 35.6 Å². The zero-order valence-electron chi connectivity index (χ0n) is 14.9. The van der Waals surface area contributed by atoms with Gasteiger partial charge in [0.05, 0.1) is 19.9 Å². The van der Waals surface area contributed by atoms with E-state index in [2.05, 4.69) is 20.6 Å². The highest BCUT2D eigenvalue weighted by Gasteiger charge is 2.03. The van der Waals surface area contributed by atoms with Crippen molar-refractivity contribution in [3.63, 3.8) is 0 Å². The molecule has 1 aromatic carbocycles. The van der Waals surface area contributed by atoms with Crippen LogP contribution in [0.15, 0.2) is 47.7 Å². The smallest absolute Gasteiger partial charge is 0.191 e. The van der Waals surface area contributed by atoms with Crippen LogP contribution in [0, 0.1) is 0 Å². The first kappa shape index (κ1) is 22.3. The molecular weight excluding hydrogens is 467 g/mol. The molecule has 0 unspecified atom stereocenters. The third-order valence-electron chi connectivity index (χ3n) is 3.47. The number of halogens is 2. The molecule has 0 bridgehead atoms. The highest BCUT2D eigenvalue weighted by molar-refractivity contribution is 14.0. The first-order chi connectivity index (χ1) is 12.2. The number of nitrogens with zero attached hydrogens (tertiary/aromatic N) is 2. The fraction of sp³-hybridized carbons (Fsp3) is 0.333. The highest BCUT2D eigenvalue weighted by atomic mass is 127. The Balaban J connectivity index is 0.00000338. The Morgan fingerprint density at radius 2 is 2.00 bits per heavy atom. The highest BCUT2D eigenvalue weighted by Crippen LogP contribution is 2.22. The van der Waals surface area contributed by atoms with Crippen molar-refractivity contribution in [1.29, 1.82) is 0 Å². The normalized spacial score (nSPS) is 10.7. The zero-order valence-corrected chi connectivity index (χ0v) is 18.0. The maximum atomic E-state index is 6.24. The van der Waals surface area contributed by atoms with E-state index in [0.29, 0.717) is 18.2 Å². The van der Waals surface area contributed by atoms with Gasteiger partial charge in [0.2, 0.25) is 0 Å². The summed E-state index contributed by atoms with van der Waals surface area (Å²) in [5.74, 6) is 2.23. The summed E-state index contributed by atoms with van der Waals surface area (Å²) in [7, 11) is 3.36.